The molecule has 1 aromatic carbocycles. The van der Waals surface area contributed by atoms with Crippen molar-refractivity contribution in [2.45, 2.75) is 13.0 Å². The number of hydrogen-bond donors (Lipinski definition) is 1. The summed E-state index contributed by atoms with van der Waals surface area (Å²) in [6.45, 7) is 1.67. The van der Waals surface area contributed by atoms with Crippen molar-refractivity contribution in [3.8, 4) is 18.3 Å². The normalized spacial score (nSPS) is 16.9. The van der Waals surface area contributed by atoms with Crippen molar-refractivity contribution in [3.63, 3.8) is 0 Å². The molecule has 0 spiro atoms. The molecule has 1 N–H and O–H groups in total. The van der Waals surface area contributed by atoms with Gasteiger partial charge in [-0.05, 0) is 15.9 Å². The van der Waals surface area contributed by atoms with Crippen molar-refractivity contribution in [2.24, 2.45) is 0 Å². The Bertz CT molecular complexity index is 659. The molecule has 0 unspecified atom stereocenters. The molecule has 8 heteroatoms. The molecule has 1 heterocycles. The molecule has 1 atom stereocenters. The van der Waals surface area contributed by atoms with E-state index in [1.807, 2.05) is 6.11 Å². The summed E-state index contributed by atoms with van der Waals surface area (Å²) >= 11 is 3.02. The minimum Gasteiger partial charge on any atom is -0.442 e. The molecule has 1 aliphatic rings. The highest BCUT2D eigenvalue weighted by Gasteiger charge is 2.34. The van der Waals surface area contributed by atoms with Crippen LogP contribution in [0.1, 0.15) is 6.92 Å². The van der Waals surface area contributed by atoms with Gasteiger partial charge in [0, 0.05) is 19.1 Å². The molecule has 2 amide bonds. The number of carbonyl (C=O) groups is 2. The van der Waals surface area contributed by atoms with Crippen LogP contribution in [0, 0.1) is 18.3 Å². The van der Waals surface area contributed by atoms with Gasteiger partial charge in [-0.25, -0.2) is 9.18 Å². The minimum absolute atomic E-state index is 0.140. The van der Waals surface area contributed by atoms with Crippen molar-refractivity contribution >= 4 is 33.6 Å². The Kier molecular flexibility index (Phi) is 4.88. The molecule has 1 fully saturated rings. The number of carbonyl (C=O) groups excluding carboxylic acids is 2. The summed E-state index contributed by atoms with van der Waals surface area (Å²) in [6.07, 6.45) is 5.87. The Labute approximate surface area is 134 Å². The first-order valence-corrected chi connectivity index (χ1v) is 7.05. The lowest BCUT2D eigenvalue weighted by molar-refractivity contribution is -0.119. The highest BCUT2D eigenvalue weighted by atomic mass is 79.9. The predicted octanol–water partition coefficient (Wildman–Crippen LogP) is 2.02. The summed E-state index contributed by atoms with van der Waals surface area (Å²) < 4.78 is 24.0. The Morgan fingerprint density at radius 2 is 2.41 bits per heavy atom. The molecule has 0 aliphatic carbocycles. The number of hydrogen-bond acceptors (Lipinski definition) is 4. The molecule has 2 rings (SSSR count). The van der Waals surface area contributed by atoms with Gasteiger partial charge in [0.25, 0.3) is 0 Å². The molecule has 1 aromatic rings. The molecule has 0 bridgehead atoms. The van der Waals surface area contributed by atoms with E-state index in [4.69, 9.17) is 15.9 Å². The maximum absolute atomic E-state index is 13.7. The zero-order valence-electron chi connectivity index (χ0n) is 11.6. The number of ether oxygens (including phenoxy) is 2. The lowest BCUT2D eigenvalue weighted by atomic mass is 10.2. The van der Waals surface area contributed by atoms with E-state index in [0.717, 1.165) is 6.07 Å². The molecule has 1 saturated heterocycles. The van der Waals surface area contributed by atoms with Gasteiger partial charge < -0.3 is 14.8 Å². The third-order valence-corrected chi connectivity index (χ3v) is 3.52. The summed E-state index contributed by atoms with van der Waals surface area (Å²) in [5, 5.41) is 2.55. The molecule has 6 nitrogen and oxygen atoms in total. The van der Waals surface area contributed by atoms with Gasteiger partial charge in [0.05, 0.1) is 23.2 Å². The van der Waals surface area contributed by atoms with E-state index in [0.29, 0.717) is 0 Å². The number of halogens is 2. The number of nitrogens with one attached hydrogen (secondary N) is 1. The highest BCUT2D eigenvalue weighted by molar-refractivity contribution is 9.10. The second-order valence-electron chi connectivity index (χ2n) is 4.51. The third kappa shape index (κ3) is 3.49. The van der Waals surface area contributed by atoms with Crippen LogP contribution in [0.25, 0.3) is 0 Å². The van der Waals surface area contributed by atoms with E-state index >= 15 is 0 Å². The van der Waals surface area contributed by atoms with Gasteiger partial charge >= 0.3 is 6.09 Å². The first-order valence-electron chi connectivity index (χ1n) is 6.26. The topological polar surface area (TPSA) is 67.9 Å². The van der Waals surface area contributed by atoms with Crippen LogP contribution in [0.4, 0.5) is 14.9 Å². The maximum atomic E-state index is 13.7. The number of benzene rings is 1. The number of rotatable bonds is 4. The van der Waals surface area contributed by atoms with Crippen molar-refractivity contribution in [3.05, 3.63) is 22.4 Å². The SMILES string of the molecule is C#COc1cc(Br)c(F)cc1N1C[C@H](CNC(C)=O)OC1=O. The zero-order chi connectivity index (χ0) is 16.3. The monoisotopic (exact) mass is 370 g/mol. The van der Waals surface area contributed by atoms with Crippen LogP contribution in [0.15, 0.2) is 16.6 Å². The van der Waals surface area contributed by atoms with Gasteiger partial charge in [0.1, 0.15) is 18.0 Å². The Hall–Kier alpha value is -2.27. The van der Waals surface area contributed by atoms with Crippen LogP contribution >= 0.6 is 15.9 Å². The summed E-state index contributed by atoms with van der Waals surface area (Å²) in [5.41, 5.74) is 0.161. The van der Waals surface area contributed by atoms with Gasteiger partial charge in [-0.1, -0.05) is 6.42 Å². The molecule has 116 valence electrons. The molecule has 0 saturated carbocycles. The van der Waals surface area contributed by atoms with Gasteiger partial charge in [0.15, 0.2) is 5.75 Å². The first-order chi connectivity index (χ1) is 10.4. The smallest absolute Gasteiger partial charge is 0.414 e. The second kappa shape index (κ2) is 6.66. The Morgan fingerprint density at radius 1 is 1.68 bits per heavy atom. The van der Waals surface area contributed by atoms with Gasteiger partial charge in [0.2, 0.25) is 5.91 Å². The van der Waals surface area contributed by atoms with Crippen molar-refractivity contribution in [1.82, 2.24) is 5.32 Å². The summed E-state index contributed by atoms with van der Waals surface area (Å²) in [6, 6.07) is 2.46. The predicted molar refractivity (Wildman–Crippen MR) is 79.9 cm³/mol. The van der Waals surface area contributed by atoms with E-state index in [-0.39, 0.29) is 34.9 Å². The minimum atomic E-state index is -0.668. The molecular formula is C14H12BrFN2O4. The number of anilines is 1. The fraction of sp³-hybridized carbons (Fsp3) is 0.286. The van der Waals surface area contributed by atoms with E-state index < -0.39 is 18.0 Å². The lowest BCUT2D eigenvalue weighted by Crippen LogP contribution is -2.33. The number of nitrogens with zero attached hydrogens (tertiary/aromatic N) is 1. The number of cyclic esters (lactones) is 1. The quantitative estimate of drug-likeness (QED) is 0.823. The Balaban J connectivity index is 2.24. The standard InChI is InChI=1S/C14H12BrFN2O4/c1-3-21-13-4-10(15)11(16)5-12(13)18-7-9(22-14(18)20)6-17-8(2)19/h1,4-5,9H,6-7H2,2H3,(H,17,19)/t9-/m0/s1. The van der Waals surface area contributed by atoms with Crippen LogP contribution in [-0.2, 0) is 9.53 Å². The summed E-state index contributed by atoms with van der Waals surface area (Å²) in [4.78, 5) is 24.0. The lowest BCUT2D eigenvalue weighted by Gasteiger charge is -2.16. The van der Waals surface area contributed by atoms with E-state index in [2.05, 4.69) is 21.2 Å². The average Bonchev–Trinajstić information content (AvgIpc) is 2.82. The molecule has 0 aromatic heterocycles. The van der Waals surface area contributed by atoms with E-state index in [9.17, 15) is 14.0 Å². The van der Waals surface area contributed by atoms with Crippen LogP contribution in [-0.4, -0.2) is 31.2 Å². The van der Waals surface area contributed by atoms with Crippen molar-refractivity contribution < 1.29 is 23.5 Å². The zero-order valence-corrected chi connectivity index (χ0v) is 13.1. The van der Waals surface area contributed by atoms with Crippen LogP contribution in [0.2, 0.25) is 0 Å². The maximum Gasteiger partial charge on any atom is 0.414 e. The first kappa shape index (κ1) is 16.1. The van der Waals surface area contributed by atoms with E-state index in [1.165, 1.54) is 17.9 Å². The second-order valence-corrected chi connectivity index (χ2v) is 5.36. The highest BCUT2D eigenvalue weighted by Crippen LogP contribution is 2.35. The van der Waals surface area contributed by atoms with Gasteiger partial charge in [-0.15, -0.1) is 0 Å². The van der Waals surface area contributed by atoms with Crippen LogP contribution in [0.3, 0.4) is 0 Å². The molecular weight excluding hydrogens is 359 g/mol. The molecule has 22 heavy (non-hydrogen) atoms. The van der Waals surface area contributed by atoms with Crippen molar-refractivity contribution in [1.29, 1.82) is 0 Å². The molecule has 0 radical (unpaired) electrons. The summed E-state index contributed by atoms with van der Waals surface area (Å²) in [7, 11) is 0. The van der Waals surface area contributed by atoms with Gasteiger partial charge in [-0.3, -0.25) is 9.69 Å². The van der Waals surface area contributed by atoms with Crippen LogP contribution in [0.5, 0.6) is 5.75 Å². The largest absolute Gasteiger partial charge is 0.442 e. The Morgan fingerprint density at radius 3 is 3.05 bits per heavy atom. The third-order valence-electron chi connectivity index (χ3n) is 2.91. The number of amides is 2. The van der Waals surface area contributed by atoms with Gasteiger partial charge in [-0.2, -0.15) is 0 Å². The fourth-order valence-electron chi connectivity index (χ4n) is 1.96. The molecule has 1 aliphatic heterocycles. The fourth-order valence-corrected chi connectivity index (χ4v) is 2.28. The van der Waals surface area contributed by atoms with Crippen molar-refractivity contribution in [2.75, 3.05) is 18.0 Å². The van der Waals surface area contributed by atoms with Crippen LogP contribution < -0.4 is 15.0 Å². The summed E-state index contributed by atoms with van der Waals surface area (Å²) in [5.74, 6) is -0.661. The average molecular weight is 371 g/mol. The van der Waals surface area contributed by atoms with E-state index in [1.54, 1.807) is 0 Å². The number of terminal acetylenes is 1.